The fraction of sp³-hybridized carbons (Fsp3) is 0.294. The lowest BCUT2D eigenvalue weighted by atomic mass is 9.97. The first kappa shape index (κ1) is 16.2. The van der Waals surface area contributed by atoms with Crippen LogP contribution in [0.1, 0.15) is 22.7 Å². The van der Waals surface area contributed by atoms with Crippen LogP contribution < -0.4 is 10.1 Å². The molecule has 4 heteroatoms. The van der Waals surface area contributed by atoms with Crippen molar-refractivity contribution < 1.29 is 4.74 Å². The summed E-state index contributed by atoms with van der Waals surface area (Å²) in [5.74, 6) is 0.898. The molecular weight excluding hydrogens is 305 g/mol. The summed E-state index contributed by atoms with van der Waals surface area (Å²) in [6.45, 7) is 2.06. The molecule has 0 bridgehead atoms. The Morgan fingerprint density at radius 1 is 1.10 bits per heavy atom. The molecular formula is C17H19Cl2NO. The molecule has 0 heterocycles. The van der Waals surface area contributed by atoms with Gasteiger partial charge in [-0.1, -0.05) is 41.4 Å². The van der Waals surface area contributed by atoms with Gasteiger partial charge in [-0.3, -0.25) is 0 Å². The maximum absolute atomic E-state index is 6.09. The van der Waals surface area contributed by atoms with Crippen molar-refractivity contribution in [2.45, 2.75) is 19.4 Å². The zero-order valence-corrected chi connectivity index (χ0v) is 13.9. The second-order valence-electron chi connectivity index (χ2n) is 5.04. The lowest BCUT2D eigenvalue weighted by Crippen LogP contribution is -2.19. The fourth-order valence-electron chi connectivity index (χ4n) is 2.38. The summed E-state index contributed by atoms with van der Waals surface area (Å²) < 4.78 is 5.50. The molecule has 0 amide bonds. The van der Waals surface area contributed by atoms with Gasteiger partial charge < -0.3 is 10.1 Å². The van der Waals surface area contributed by atoms with E-state index in [-0.39, 0.29) is 6.04 Å². The summed E-state index contributed by atoms with van der Waals surface area (Å²) in [6, 6.07) is 12.1. The van der Waals surface area contributed by atoms with E-state index in [1.165, 1.54) is 5.56 Å². The lowest BCUT2D eigenvalue weighted by molar-refractivity contribution is 0.401. The zero-order valence-electron chi connectivity index (χ0n) is 12.4. The Morgan fingerprint density at radius 3 is 2.48 bits per heavy atom. The predicted octanol–water partition coefficient (Wildman–Crippen LogP) is 4.81. The van der Waals surface area contributed by atoms with E-state index in [0.29, 0.717) is 10.0 Å². The Kier molecular flexibility index (Phi) is 5.51. The summed E-state index contributed by atoms with van der Waals surface area (Å²) in [4.78, 5) is 0. The number of nitrogens with one attached hydrogen (secondary N) is 1. The van der Waals surface area contributed by atoms with E-state index < -0.39 is 0 Å². The Labute approximate surface area is 136 Å². The van der Waals surface area contributed by atoms with E-state index in [1.54, 1.807) is 7.11 Å². The molecule has 0 radical (unpaired) electrons. The fourth-order valence-corrected chi connectivity index (χ4v) is 2.70. The molecule has 112 valence electrons. The van der Waals surface area contributed by atoms with Gasteiger partial charge >= 0.3 is 0 Å². The maximum Gasteiger partial charge on any atom is 0.123 e. The molecule has 0 aromatic heterocycles. The van der Waals surface area contributed by atoms with Crippen LogP contribution in [0.5, 0.6) is 5.75 Å². The van der Waals surface area contributed by atoms with Crippen molar-refractivity contribution in [2.75, 3.05) is 14.2 Å². The van der Waals surface area contributed by atoms with Crippen LogP contribution in [-0.4, -0.2) is 14.2 Å². The van der Waals surface area contributed by atoms with Gasteiger partial charge in [0.15, 0.2) is 0 Å². The van der Waals surface area contributed by atoms with E-state index in [9.17, 15) is 0 Å². The Hall–Kier alpha value is -1.22. The molecule has 0 aliphatic carbocycles. The molecule has 2 aromatic carbocycles. The molecule has 0 spiro atoms. The molecule has 1 atom stereocenters. The van der Waals surface area contributed by atoms with Crippen LogP contribution in [0.3, 0.4) is 0 Å². The monoisotopic (exact) mass is 323 g/mol. The molecule has 21 heavy (non-hydrogen) atoms. The molecule has 0 saturated carbocycles. The van der Waals surface area contributed by atoms with Crippen LogP contribution in [0.2, 0.25) is 10.0 Å². The summed E-state index contributed by atoms with van der Waals surface area (Å²) >= 11 is 12.1. The number of likely N-dealkylation sites (N-methyl/N-ethyl adjacent to an activating group) is 1. The van der Waals surface area contributed by atoms with E-state index in [1.807, 2.05) is 25.2 Å². The van der Waals surface area contributed by atoms with Crippen LogP contribution >= 0.6 is 23.2 Å². The third-order valence-corrected chi connectivity index (χ3v) is 4.28. The van der Waals surface area contributed by atoms with Crippen molar-refractivity contribution in [3.05, 3.63) is 63.1 Å². The van der Waals surface area contributed by atoms with Crippen molar-refractivity contribution in [3.63, 3.8) is 0 Å². The van der Waals surface area contributed by atoms with Gasteiger partial charge in [0.05, 0.1) is 17.2 Å². The molecule has 1 N–H and O–H groups in total. The average molecular weight is 324 g/mol. The molecule has 2 nitrogen and oxygen atoms in total. The Bertz CT molecular complexity index is 628. The minimum absolute atomic E-state index is 0.151. The quantitative estimate of drug-likeness (QED) is 0.852. The van der Waals surface area contributed by atoms with Gasteiger partial charge in [-0.05, 0) is 49.7 Å². The van der Waals surface area contributed by atoms with Gasteiger partial charge in [0, 0.05) is 11.6 Å². The summed E-state index contributed by atoms with van der Waals surface area (Å²) in [7, 11) is 3.64. The largest absolute Gasteiger partial charge is 0.496 e. The van der Waals surface area contributed by atoms with Crippen LogP contribution in [0.4, 0.5) is 0 Å². The number of benzene rings is 2. The van der Waals surface area contributed by atoms with E-state index >= 15 is 0 Å². The van der Waals surface area contributed by atoms with E-state index in [0.717, 1.165) is 23.3 Å². The van der Waals surface area contributed by atoms with Gasteiger partial charge in [0.1, 0.15) is 5.75 Å². The molecule has 1 unspecified atom stereocenters. The van der Waals surface area contributed by atoms with Crippen LogP contribution in [0, 0.1) is 6.92 Å². The number of hydrogen-bond donors (Lipinski definition) is 1. The molecule has 0 aliphatic rings. The third kappa shape index (κ3) is 3.91. The molecule has 0 saturated heterocycles. The van der Waals surface area contributed by atoms with Gasteiger partial charge in [-0.2, -0.15) is 0 Å². The average Bonchev–Trinajstić information content (AvgIpc) is 2.48. The zero-order chi connectivity index (χ0) is 15.4. The van der Waals surface area contributed by atoms with Crippen LogP contribution in [-0.2, 0) is 6.42 Å². The van der Waals surface area contributed by atoms with Gasteiger partial charge in [-0.25, -0.2) is 0 Å². The van der Waals surface area contributed by atoms with E-state index in [2.05, 4.69) is 30.4 Å². The van der Waals surface area contributed by atoms with Crippen LogP contribution in [0.15, 0.2) is 36.4 Å². The second kappa shape index (κ2) is 7.17. The Balaban J connectivity index is 2.29. The van der Waals surface area contributed by atoms with Gasteiger partial charge in [0.2, 0.25) is 0 Å². The first-order valence-corrected chi connectivity index (χ1v) is 7.56. The maximum atomic E-state index is 6.09. The minimum atomic E-state index is 0.151. The van der Waals surface area contributed by atoms with Crippen molar-refractivity contribution in [1.82, 2.24) is 5.32 Å². The number of ether oxygens (including phenoxy) is 1. The Morgan fingerprint density at radius 2 is 1.86 bits per heavy atom. The number of methoxy groups -OCH3 is 1. The standard InChI is InChI=1S/C17H19Cl2NO/c1-11-4-6-13(17(8-11)21-3)16(20-2)10-12-5-7-14(18)15(19)9-12/h4-9,16,20H,10H2,1-3H3. The minimum Gasteiger partial charge on any atom is -0.496 e. The highest BCUT2D eigenvalue weighted by Crippen LogP contribution is 2.30. The van der Waals surface area contributed by atoms with Crippen molar-refractivity contribution in [2.24, 2.45) is 0 Å². The van der Waals surface area contributed by atoms with Crippen molar-refractivity contribution in [3.8, 4) is 5.75 Å². The number of aryl methyl sites for hydroxylation is 1. The topological polar surface area (TPSA) is 21.3 Å². The molecule has 2 aromatic rings. The number of halogens is 2. The first-order chi connectivity index (χ1) is 10.0. The molecule has 2 rings (SSSR count). The normalized spacial score (nSPS) is 12.2. The van der Waals surface area contributed by atoms with Gasteiger partial charge in [-0.15, -0.1) is 0 Å². The van der Waals surface area contributed by atoms with Gasteiger partial charge in [0.25, 0.3) is 0 Å². The van der Waals surface area contributed by atoms with Crippen molar-refractivity contribution >= 4 is 23.2 Å². The summed E-state index contributed by atoms with van der Waals surface area (Å²) in [5.41, 5.74) is 3.45. The molecule has 0 fully saturated rings. The smallest absolute Gasteiger partial charge is 0.123 e. The first-order valence-electron chi connectivity index (χ1n) is 6.81. The number of hydrogen-bond acceptors (Lipinski definition) is 2. The van der Waals surface area contributed by atoms with Crippen LogP contribution in [0.25, 0.3) is 0 Å². The molecule has 0 aliphatic heterocycles. The van der Waals surface area contributed by atoms with E-state index in [4.69, 9.17) is 27.9 Å². The predicted molar refractivity (Wildman–Crippen MR) is 89.7 cm³/mol. The highest BCUT2D eigenvalue weighted by molar-refractivity contribution is 6.42. The summed E-state index contributed by atoms with van der Waals surface area (Å²) in [5, 5.41) is 4.50. The highest BCUT2D eigenvalue weighted by atomic mass is 35.5. The lowest BCUT2D eigenvalue weighted by Gasteiger charge is -2.20. The van der Waals surface area contributed by atoms with Crippen molar-refractivity contribution in [1.29, 1.82) is 0 Å². The second-order valence-corrected chi connectivity index (χ2v) is 5.85. The SMILES string of the molecule is CNC(Cc1ccc(Cl)c(Cl)c1)c1ccc(C)cc1OC. The third-order valence-electron chi connectivity index (χ3n) is 3.54. The summed E-state index contributed by atoms with van der Waals surface area (Å²) in [6.07, 6.45) is 0.812. The highest BCUT2D eigenvalue weighted by Gasteiger charge is 2.15. The number of rotatable bonds is 5.